The summed E-state index contributed by atoms with van der Waals surface area (Å²) in [7, 11) is -3.55. The summed E-state index contributed by atoms with van der Waals surface area (Å²) in [6.07, 6.45) is -0.213. The molecule has 7 heteroatoms. The first-order chi connectivity index (χ1) is 9.75. The molecule has 1 aliphatic heterocycles. The number of morpholine rings is 1. The van der Waals surface area contributed by atoms with Crippen LogP contribution in [0.5, 0.6) is 0 Å². The predicted molar refractivity (Wildman–Crippen MR) is 85.5 cm³/mol. The van der Waals surface area contributed by atoms with Gasteiger partial charge in [0, 0.05) is 24.1 Å². The van der Waals surface area contributed by atoms with Gasteiger partial charge in [-0.25, -0.2) is 8.42 Å². The summed E-state index contributed by atoms with van der Waals surface area (Å²) in [5, 5.41) is 0. The smallest absolute Gasteiger partial charge is 0.243 e. The summed E-state index contributed by atoms with van der Waals surface area (Å²) in [5.74, 6) is 0. The van der Waals surface area contributed by atoms with Gasteiger partial charge in [-0.1, -0.05) is 15.9 Å². The maximum absolute atomic E-state index is 12.9. The molecule has 21 heavy (non-hydrogen) atoms. The van der Waals surface area contributed by atoms with E-state index in [9.17, 15) is 8.42 Å². The molecule has 1 saturated heterocycles. The van der Waals surface area contributed by atoms with Crippen LogP contribution >= 0.6 is 15.9 Å². The third-order valence-corrected chi connectivity index (χ3v) is 6.38. The van der Waals surface area contributed by atoms with Crippen LogP contribution in [0.25, 0.3) is 0 Å². The molecule has 0 amide bonds. The Morgan fingerprint density at radius 1 is 1.33 bits per heavy atom. The van der Waals surface area contributed by atoms with Gasteiger partial charge in [0.05, 0.1) is 17.1 Å². The lowest BCUT2D eigenvalue weighted by molar-refractivity contribution is -0.0440. The molecule has 0 aromatic heterocycles. The number of nitrogens with zero attached hydrogens (tertiary/aromatic N) is 1. The van der Waals surface area contributed by atoms with Crippen molar-refractivity contribution in [2.45, 2.75) is 44.4 Å². The Kier molecular flexibility index (Phi) is 5.10. The summed E-state index contributed by atoms with van der Waals surface area (Å²) < 4.78 is 33.7. The van der Waals surface area contributed by atoms with Crippen molar-refractivity contribution < 1.29 is 13.2 Å². The Balaban J connectivity index is 2.46. The summed E-state index contributed by atoms with van der Waals surface area (Å²) in [5.41, 5.74) is 7.15. The van der Waals surface area contributed by atoms with E-state index < -0.39 is 10.0 Å². The number of hydrogen-bond acceptors (Lipinski definition) is 4. The van der Waals surface area contributed by atoms with Gasteiger partial charge in [-0.05, 0) is 44.0 Å². The molecule has 2 atom stereocenters. The van der Waals surface area contributed by atoms with Crippen molar-refractivity contribution in [3.8, 4) is 0 Å². The van der Waals surface area contributed by atoms with Gasteiger partial charge >= 0.3 is 0 Å². The number of nitrogens with two attached hydrogens (primary N) is 1. The molecular weight excluding hydrogens is 356 g/mol. The van der Waals surface area contributed by atoms with Gasteiger partial charge in [-0.15, -0.1) is 0 Å². The fraction of sp³-hybridized carbons (Fsp3) is 0.571. The molecule has 118 valence electrons. The summed E-state index contributed by atoms with van der Waals surface area (Å²) >= 11 is 3.41. The second-order valence-electron chi connectivity index (χ2n) is 5.48. The van der Waals surface area contributed by atoms with Crippen LogP contribution in [0.1, 0.15) is 25.0 Å². The van der Waals surface area contributed by atoms with E-state index in [-0.39, 0.29) is 12.2 Å². The van der Waals surface area contributed by atoms with Crippen molar-refractivity contribution in [1.29, 1.82) is 0 Å². The highest BCUT2D eigenvalue weighted by Gasteiger charge is 2.33. The van der Waals surface area contributed by atoms with Crippen LogP contribution in [0.2, 0.25) is 0 Å². The standard InChI is InChI=1S/C14H21BrN2O3S/c1-9-7-17(8-10(2)20-9)21(18,19)14-5-12(6-16)4-13(15)11(14)3/h4-5,9-10H,6-8,16H2,1-3H3/t9-,10+. The van der Waals surface area contributed by atoms with Crippen molar-refractivity contribution in [3.63, 3.8) is 0 Å². The average Bonchev–Trinajstić information content (AvgIpc) is 2.40. The molecule has 2 rings (SSSR count). The first-order valence-electron chi connectivity index (χ1n) is 6.90. The molecule has 0 spiro atoms. The number of benzene rings is 1. The van der Waals surface area contributed by atoms with E-state index in [1.807, 2.05) is 19.9 Å². The van der Waals surface area contributed by atoms with Crippen molar-refractivity contribution >= 4 is 26.0 Å². The molecular formula is C14H21BrN2O3S. The fourth-order valence-electron chi connectivity index (χ4n) is 2.56. The van der Waals surface area contributed by atoms with Gasteiger partial charge in [0.2, 0.25) is 10.0 Å². The summed E-state index contributed by atoms with van der Waals surface area (Å²) in [6.45, 7) is 6.61. The van der Waals surface area contributed by atoms with Crippen molar-refractivity contribution in [2.24, 2.45) is 5.73 Å². The lowest BCUT2D eigenvalue weighted by Crippen LogP contribution is -2.48. The second-order valence-corrected chi connectivity index (χ2v) is 8.24. The molecule has 2 N–H and O–H groups in total. The molecule has 1 aliphatic rings. The van der Waals surface area contributed by atoms with Gasteiger partial charge in [-0.2, -0.15) is 4.31 Å². The van der Waals surface area contributed by atoms with Crippen LogP contribution in [0.4, 0.5) is 0 Å². The summed E-state index contributed by atoms with van der Waals surface area (Å²) in [6, 6.07) is 3.53. The molecule has 1 fully saturated rings. The Morgan fingerprint density at radius 2 is 1.90 bits per heavy atom. The minimum atomic E-state index is -3.55. The molecule has 0 aliphatic carbocycles. The van der Waals surface area contributed by atoms with E-state index in [0.717, 1.165) is 10.0 Å². The number of ether oxygens (including phenoxy) is 1. The first kappa shape index (κ1) is 16.9. The Morgan fingerprint density at radius 3 is 2.43 bits per heavy atom. The minimum Gasteiger partial charge on any atom is -0.373 e. The molecule has 1 aromatic carbocycles. The molecule has 0 radical (unpaired) electrons. The first-order valence-corrected chi connectivity index (χ1v) is 9.13. The van der Waals surface area contributed by atoms with E-state index in [1.54, 1.807) is 13.0 Å². The van der Waals surface area contributed by atoms with E-state index in [2.05, 4.69) is 15.9 Å². The van der Waals surface area contributed by atoms with Crippen LogP contribution in [0, 0.1) is 6.92 Å². The third-order valence-electron chi connectivity index (χ3n) is 3.60. The zero-order valence-electron chi connectivity index (χ0n) is 12.5. The van der Waals surface area contributed by atoms with Gasteiger partial charge in [0.15, 0.2) is 0 Å². The van der Waals surface area contributed by atoms with Gasteiger partial charge < -0.3 is 10.5 Å². The third kappa shape index (κ3) is 3.48. The second kappa shape index (κ2) is 6.34. The largest absolute Gasteiger partial charge is 0.373 e. The molecule has 0 unspecified atom stereocenters. The SMILES string of the molecule is Cc1c(Br)cc(CN)cc1S(=O)(=O)N1C[C@@H](C)O[C@@H](C)C1. The molecule has 1 aromatic rings. The quantitative estimate of drug-likeness (QED) is 0.875. The topological polar surface area (TPSA) is 72.6 Å². The van der Waals surface area contributed by atoms with E-state index in [4.69, 9.17) is 10.5 Å². The Labute approximate surface area is 134 Å². The van der Waals surface area contributed by atoms with Crippen LogP contribution in [0.15, 0.2) is 21.5 Å². The zero-order chi connectivity index (χ0) is 15.8. The molecule has 0 saturated carbocycles. The van der Waals surface area contributed by atoms with E-state index in [0.29, 0.717) is 30.1 Å². The van der Waals surface area contributed by atoms with E-state index >= 15 is 0 Å². The highest BCUT2D eigenvalue weighted by atomic mass is 79.9. The van der Waals surface area contributed by atoms with Crippen LogP contribution < -0.4 is 5.73 Å². The van der Waals surface area contributed by atoms with Crippen LogP contribution in [-0.4, -0.2) is 38.0 Å². The minimum absolute atomic E-state index is 0.107. The average molecular weight is 377 g/mol. The number of hydrogen-bond donors (Lipinski definition) is 1. The van der Waals surface area contributed by atoms with Crippen LogP contribution in [0.3, 0.4) is 0 Å². The van der Waals surface area contributed by atoms with Crippen molar-refractivity contribution in [2.75, 3.05) is 13.1 Å². The maximum Gasteiger partial charge on any atom is 0.243 e. The molecule has 5 nitrogen and oxygen atoms in total. The zero-order valence-corrected chi connectivity index (χ0v) is 14.9. The molecule has 1 heterocycles. The Hall–Kier alpha value is -0.470. The maximum atomic E-state index is 12.9. The van der Waals surface area contributed by atoms with Gasteiger partial charge in [0.25, 0.3) is 0 Å². The number of halogens is 1. The number of rotatable bonds is 3. The number of sulfonamides is 1. The Bertz CT molecular complexity index is 623. The van der Waals surface area contributed by atoms with Crippen LogP contribution in [-0.2, 0) is 21.3 Å². The van der Waals surface area contributed by atoms with E-state index in [1.165, 1.54) is 4.31 Å². The fourth-order valence-corrected chi connectivity index (χ4v) is 5.09. The predicted octanol–water partition coefficient (Wildman–Crippen LogP) is 2.01. The lowest BCUT2D eigenvalue weighted by Gasteiger charge is -2.34. The molecule has 0 bridgehead atoms. The van der Waals surface area contributed by atoms with Crippen molar-refractivity contribution in [1.82, 2.24) is 4.31 Å². The monoisotopic (exact) mass is 376 g/mol. The normalized spacial score (nSPS) is 24.2. The lowest BCUT2D eigenvalue weighted by atomic mass is 10.1. The highest BCUT2D eigenvalue weighted by molar-refractivity contribution is 9.10. The summed E-state index contributed by atoms with van der Waals surface area (Å²) in [4.78, 5) is 0.318. The van der Waals surface area contributed by atoms with Gasteiger partial charge in [-0.3, -0.25) is 0 Å². The van der Waals surface area contributed by atoms with Crippen molar-refractivity contribution in [3.05, 3.63) is 27.7 Å². The highest BCUT2D eigenvalue weighted by Crippen LogP contribution is 2.29. The van der Waals surface area contributed by atoms with Gasteiger partial charge in [0.1, 0.15) is 0 Å².